The van der Waals surface area contributed by atoms with Crippen LogP contribution in [0.25, 0.3) is 0 Å². The smallest absolute Gasteiger partial charge is 0.312 e. The molecule has 7 heteroatoms. The lowest BCUT2D eigenvalue weighted by Crippen LogP contribution is -2.55. The minimum atomic E-state index is -0.878. The molecule has 0 radical (unpaired) electrons. The van der Waals surface area contributed by atoms with Crippen molar-refractivity contribution in [2.45, 2.75) is 64.7 Å². The Morgan fingerprint density at radius 3 is 2.53 bits per heavy atom. The molecular formula is C23H28Cl2O5. The van der Waals surface area contributed by atoms with Gasteiger partial charge in [0.05, 0.1) is 19.1 Å². The average molecular weight is 455 g/mol. The first-order valence-corrected chi connectivity index (χ1v) is 11.0. The number of fused-ring (bicyclic) bond motifs is 3. The highest BCUT2D eigenvalue weighted by Gasteiger charge is 2.58. The van der Waals surface area contributed by atoms with Gasteiger partial charge in [0.2, 0.25) is 0 Å². The maximum Gasteiger partial charge on any atom is 0.312 e. The molecule has 3 rings (SSSR count). The van der Waals surface area contributed by atoms with Crippen molar-refractivity contribution in [3.63, 3.8) is 0 Å². The summed E-state index contributed by atoms with van der Waals surface area (Å²) in [5, 5.41) is 1.05. The molecular weight excluding hydrogens is 427 g/mol. The maximum absolute atomic E-state index is 12.7. The Morgan fingerprint density at radius 1 is 1.27 bits per heavy atom. The van der Waals surface area contributed by atoms with Crippen LogP contribution in [0, 0.1) is 11.3 Å². The van der Waals surface area contributed by atoms with Crippen molar-refractivity contribution in [1.82, 2.24) is 0 Å². The molecule has 0 amide bonds. The van der Waals surface area contributed by atoms with Gasteiger partial charge in [-0.05, 0) is 48.4 Å². The molecule has 1 aromatic carbocycles. The van der Waals surface area contributed by atoms with Crippen LogP contribution in [0.4, 0.5) is 0 Å². The summed E-state index contributed by atoms with van der Waals surface area (Å²) in [4.78, 5) is 36.6. The Hall–Kier alpha value is -1.59. The van der Waals surface area contributed by atoms with Gasteiger partial charge < -0.3 is 9.47 Å². The Morgan fingerprint density at radius 2 is 1.93 bits per heavy atom. The SMILES string of the molecule is COC(=O)C1(C)CC(=O)CC2(C)c3cc(Cl)c(C(C)COC(C)=O)c(Cl)c3CCC12. The van der Waals surface area contributed by atoms with E-state index in [0.29, 0.717) is 22.9 Å². The van der Waals surface area contributed by atoms with Gasteiger partial charge in [-0.1, -0.05) is 37.0 Å². The quantitative estimate of drug-likeness (QED) is 0.597. The number of rotatable bonds is 4. The third kappa shape index (κ3) is 3.64. The predicted molar refractivity (Wildman–Crippen MR) is 115 cm³/mol. The van der Waals surface area contributed by atoms with E-state index in [2.05, 4.69) is 0 Å². The molecule has 2 aliphatic rings. The van der Waals surface area contributed by atoms with Crippen molar-refractivity contribution in [3.8, 4) is 0 Å². The Balaban J connectivity index is 2.10. The second-order valence-electron chi connectivity index (χ2n) is 9.13. The summed E-state index contributed by atoms with van der Waals surface area (Å²) in [5.41, 5.74) is 1.21. The zero-order valence-corrected chi connectivity index (χ0v) is 19.6. The summed E-state index contributed by atoms with van der Waals surface area (Å²) in [6.07, 6.45) is 1.93. The van der Waals surface area contributed by atoms with Gasteiger partial charge in [0.1, 0.15) is 5.78 Å². The van der Waals surface area contributed by atoms with Gasteiger partial charge in [-0.2, -0.15) is 0 Å². The molecule has 2 aliphatic carbocycles. The number of carbonyl (C=O) groups is 3. The highest BCUT2D eigenvalue weighted by molar-refractivity contribution is 6.36. The van der Waals surface area contributed by atoms with E-state index in [1.807, 2.05) is 26.8 Å². The van der Waals surface area contributed by atoms with Crippen molar-refractivity contribution in [2.75, 3.05) is 13.7 Å². The number of methoxy groups -OCH3 is 1. The van der Waals surface area contributed by atoms with Crippen LogP contribution in [-0.4, -0.2) is 31.4 Å². The van der Waals surface area contributed by atoms with E-state index in [0.717, 1.165) is 23.1 Å². The lowest BCUT2D eigenvalue weighted by atomic mass is 9.49. The van der Waals surface area contributed by atoms with Crippen LogP contribution < -0.4 is 0 Å². The highest BCUT2D eigenvalue weighted by Crippen LogP contribution is 2.58. The summed E-state index contributed by atoms with van der Waals surface area (Å²) >= 11 is 13.5. The number of hydrogen-bond donors (Lipinski definition) is 0. The first kappa shape index (κ1) is 23.1. The summed E-state index contributed by atoms with van der Waals surface area (Å²) in [6, 6.07) is 1.89. The number of carbonyl (C=O) groups excluding carboxylic acids is 3. The van der Waals surface area contributed by atoms with Crippen LogP contribution in [0.2, 0.25) is 10.0 Å². The van der Waals surface area contributed by atoms with Crippen molar-refractivity contribution < 1.29 is 23.9 Å². The topological polar surface area (TPSA) is 69.7 Å². The summed E-state index contributed by atoms with van der Waals surface area (Å²) in [7, 11) is 1.37. The van der Waals surface area contributed by atoms with Gasteiger partial charge in [0.15, 0.2) is 0 Å². The van der Waals surface area contributed by atoms with E-state index < -0.39 is 10.8 Å². The molecule has 0 spiro atoms. The number of hydrogen-bond acceptors (Lipinski definition) is 5. The Kier molecular flexibility index (Phi) is 6.28. The van der Waals surface area contributed by atoms with E-state index in [1.54, 1.807) is 0 Å². The molecule has 1 saturated carbocycles. The summed E-state index contributed by atoms with van der Waals surface area (Å²) < 4.78 is 10.2. The number of ketones is 1. The molecule has 0 bridgehead atoms. The average Bonchev–Trinajstić information content (AvgIpc) is 2.65. The van der Waals surface area contributed by atoms with Crippen molar-refractivity contribution in [1.29, 1.82) is 0 Å². The standard InChI is InChI=1S/C23H28Cl2O5/c1-12(11-30-13(2)26)19-17(24)8-16-15(20(19)25)6-7-18-22(16,3)9-14(27)10-23(18,4)21(28)29-5/h8,12,18H,6-7,9-11H2,1-5H3. The zero-order valence-electron chi connectivity index (χ0n) is 18.1. The zero-order chi connectivity index (χ0) is 22.4. The van der Waals surface area contributed by atoms with E-state index >= 15 is 0 Å². The molecule has 164 valence electrons. The molecule has 0 aromatic heterocycles. The first-order valence-electron chi connectivity index (χ1n) is 10.2. The molecule has 0 aliphatic heterocycles. The molecule has 0 N–H and O–H groups in total. The van der Waals surface area contributed by atoms with Crippen molar-refractivity contribution >= 4 is 40.9 Å². The fraction of sp³-hybridized carbons (Fsp3) is 0.609. The molecule has 1 aromatic rings. The maximum atomic E-state index is 12.7. The third-order valence-electron chi connectivity index (χ3n) is 7.00. The first-order chi connectivity index (χ1) is 14.0. The normalized spacial score (nSPS) is 28.9. The summed E-state index contributed by atoms with van der Waals surface area (Å²) in [6.45, 7) is 7.33. The molecule has 4 atom stereocenters. The Bertz CT molecular complexity index is 911. The molecule has 1 fully saturated rings. The molecule has 4 unspecified atom stereocenters. The number of benzene rings is 1. The molecule has 5 nitrogen and oxygen atoms in total. The van der Waals surface area contributed by atoms with Crippen LogP contribution in [-0.2, 0) is 35.7 Å². The fourth-order valence-electron chi connectivity index (χ4n) is 5.70. The van der Waals surface area contributed by atoms with Gasteiger partial charge in [-0.25, -0.2) is 0 Å². The van der Waals surface area contributed by atoms with E-state index in [1.165, 1.54) is 14.0 Å². The van der Waals surface area contributed by atoms with Crippen LogP contribution >= 0.6 is 23.2 Å². The molecule has 0 heterocycles. The predicted octanol–water partition coefficient (Wildman–Crippen LogP) is 5.02. The second kappa shape index (κ2) is 8.16. The number of esters is 2. The fourth-order valence-corrected chi connectivity index (χ4v) is 6.62. The Labute approximate surface area is 187 Å². The minimum absolute atomic E-state index is 0.0362. The van der Waals surface area contributed by atoms with E-state index in [4.69, 9.17) is 32.7 Å². The van der Waals surface area contributed by atoms with Crippen LogP contribution in [0.15, 0.2) is 6.07 Å². The van der Waals surface area contributed by atoms with Crippen molar-refractivity contribution in [3.05, 3.63) is 32.8 Å². The van der Waals surface area contributed by atoms with Gasteiger partial charge in [0, 0.05) is 41.1 Å². The minimum Gasteiger partial charge on any atom is -0.469 e. The summed E-state index contributed by atoms with van der Waals surface area (Å²) in [5.74, 6) is -0.893. The number of halogens is 2. The second-order valence-corrected chi connectivity index (χ2v) is 9.91. The number of ether oxygens (including phenoxy) is 2. The van der Waals surface area contributed by atoms with E-state index in [-0.39, 0.29) is 42.6 Å². The third-order valence-corrected chi connectivity index (χ3v) is 7.75. The van der Waals surface area contributed by atoms with Crippen LogP contribution in [0.1, 0.15) is 69.6 Å². The lowest BCUT2D eigenvalue weighted by molar-refractivity contribution is -0.164. The highest BCUT2D eigenvalue weighted by atomic mass is 35.5. The largest absolute Gasteiger partial charge is 0.469 e. The van der Waals surface area contributed by atoms with Crippen LogP contribution in [0.3, 0.4) is 0 Å². The lowest BCUT2D eigenvalue weighted by Gasteiger charge is -2.53. The van der Waals surface area contributed by atoms with Gasteiger partial charge in [0.25, 0.3) is 0 Å². The van der Waals surface area contributed by atoms with E-state index in [9.17, 15) is 14.4 Å². The van der Waals surface area contributed by atoms with Crippen LogP contribution in [0.5, 0.6) is 0 Å². The van der Waals surface area contributed by atoms with Gasteiger partial charge >= 0.3 is 11.9 Å². The monoisotopic (exact) mass is 454 g/mol. The number of Topliss-reactive ketones (excluding diaryl/α,β-unsaturated/α-hetero) is 1. The van der Waals surface area contributed by atoms with Gasteiger partial charge in [-0.3, -0.25) is 14.4 Å². The molecule has 30 heavy (non-hydrogen) atoms. The van der Waals surface area contributed by atoms with Gasteiger partial charge in [-0.15, -0.1) is 0 Å². The van der Waals surface area contributed by atoms with Crippen molar-refractivity contribution in [2.24, 2.45) is 11.3 Å². The molecule has 0 saturated heterocycles.